The molecule has 0 fully saturated rings. The highest BCUT2D eigenvalue weighted by atomic mass is 79.9. The number of hydrogen-bond acceptors (Lipinski definition) is 3. The summed E-state index contributed by atoms with van der Waals surface area (Å²) in [6, 6.07) is 13.2. The Balaban J connectivity index is 1.78. The van der Waals surface area contributed by atoms with Crippen molar-refractivity contribution < 1.29 is 14.3 Å². The summed E-state index contributed by atoms with van der Waals surface area (Å²) in [5, 5.41) is 3.96. The quantitative estimate of drug-likeness (QED) is 0.716. The van der Waals surface area contributed by atoms with Crippen molar-refractivity contribution >= 4 is 38.4 Å². The van der Waals surface area contributed by atoms with Crippen molar-refractivity contribution in [2.45, 2.75) is 6.54 Å². The Hall–Kier alpha value is -2.47. The maximum absolute atomic E-state index is 12.4. The second-order valence-electron chi connectivity index (χ2n) is 5.26. The van der Waals surface area contributed by atoms with E-state index in [1.54, 1.807) is 32.4 Å². The predicted molar refractivity (Wildman–Crippen MR) is 97.8 cm³/mol. The standard InChI is InChI=1S/C18H17BrN2O3/c1-23-14-4-5-15(17(10-14)24-2)20-18(22)11-21-8-7-12-9-13(19)3-6-16(12)21/h3-10H,11H2,1-2H3,(H,20,22). The van der Waals surface area contributed by atoms with E-state index in [0.29, 0.717) is 17.2 Å². The first kappa shape index (κ1) is 16.4. The van der Waals surface area contributed by atoms with Crippen LogP contribution in [0.2, 0.25) is 0 Å². The summed E-state index contributed by atoms with van der Waals surface area (Å²) >= 11 is 3.45. The minimum Gasteiger partial charge on any atom is -0.497 e. The van der Waals surface area contributed by atoms with Gasteiger partial charge in [-0.05, 0) is 36.4 Å². The molecule has 1 aromatic heterocycles. The summed E-state index contributed by atoms with van der Waals surface area (Å²) in [6.07, 6.45) is 1.90. The van der Waals surface area contributed by atoms with E-state index in [9.17, 15) is 4.79 Å². The number of nitrogens with zero attached hydrogens (tertiary/aromatic N) is 1. The van der Waals surface area contributed by atoms with Crippen LogP contribution in [0.15, 0.2) is 53.1 Å². The maximum atomic E-state index is 12.4. The Morgan fingerprint density at radius 2 is 1.96 bits per heavy atom. The zero-order valence-electron chi connectivity index (χ0n) is 13.4. The van der Waals surface area contributed by atoms with E-state index >= 15 is 0 Å². The van der Waals surface area contributed by atoms with Crippen molar-refractivity contribution in [1.82, 2.24) is 4.57 Å². The first-order chi connectivity index (χ1) is 11.6. The molecule has 0 aliphatic carbocycles. The molecule has 1 amide bonds. The lowest BCUT2D eigenvalue weighted by Crippen LogP contribution is -2.18. The highest BCUT2D eigenvalue weighted by molar-refractivity contribution is 9.10. The van der Waals surface area contributed by atoms with Gasteiger partial charge in [0.15, 0.2) is 0 Å². The van der Waals surface area contributed by atoms with Crippen LogP contribution in [-0.2, 0) is 11.3 Å². The van der Waals surface area contributed by atoms with Gasteiger partial charge in [-0.15, -0.1) is 0 Å². The second-order valence-corrected chi connectivity index (χ2v) is 6.18. The molecule has 0 bridgehead atoms. The Morgan fingerprint density at radius 3 is 2.71 bits per heavy atom. The van der Waals surface area contributed by atoms with Crippen LogP contribution in [-0.4, -0.2) is 24.7 Å². The van der Waals surface area contributed by atoms with E-state index in [-0.39, 0.29) is 12.5 Å². The van der Waals surface area contributed by atoms with Crippen LogP contribution in [0.25, 0.3) is 10.9 Å². The van der Waals surface area contributed by atoms with E-state index in [2.05, 4.69) is 21.2 Å². The average Bonchev–Trinajstić information content (AvgIpc) is 2.97. The van der Waals surface area contributed by atoms with Crippen LogP contribution in [0.4, 0.5) is 5.69 Å². The van der Waals surface area contributed by atoms with Crippen LogP contribution < -0.4 is 14.8 Å². The number of anilines is 1. The molecule has 6 heteroatoms. The molecule has 0 aliphatic heterocycles. The van der Waals surface area contributed by atoms with Gasteiger partial charge >= 0.3 is 0 Å². The molecular weight excluding hydrogens is 372 g/mol. The number of halogens is 1. The number of rotatable bonds is 5. The number of hydrogen-bond donors (Lipinski definition) is 1. The van der Waals surface area contributed by atoms with Crippen molar-refractivity contribution in [3.63, 3.8) is 0 Å². The Labute approximate surface area is 148 Å². The summed E-state index contributed by atoms with van der Waals surface area (Å²) < 4.78 is 13.4. The van der Waals surface area contributed by atoms with Gasteiger partial charge in [0.2, 0.25) is 5.91 Å². The molecule has 0 spiro atoms. The van der Waals surface area contributed by atoms with Gasteiger partial charge in [-0.1, -0.05) is 15.9 Å². The monoisotopic (exact) mass is 388 g/mol. The molecule has 0 atom stereocenters. The lowest BCUT2D eigenvalue weighted by atomic mass is 10.2. The van der Waals surface area contributed by atoms with Gasteiger partial charge < -0.3 is 19.4 Å². The molecule has 0 radical (unpaired) electrons. The topological polar surface area (TPSA) is 52.5 Å². The molecule has 3 rings (SSSR count). The van der Waals surface area contributed by atoms with Crippen molar-refractivity contribution in [3.05, 3.63) is 53.1 Å². The lowest BCUT2D eigenvalue weighted by Gasteiger charge is -2.12. The highest BCUT2D eigenvalue weighted by Gasteiger charge is 2.11. The number of carbonyl (C=O) groups excluding carboxylic acids is 1. The van der Waals surface area contributed by atoms with Gasteiger partial charge in [-0.3, -0.25) is 4.79 Å². The molecule has 5 nitrogen and oxygen atoms in total. The summed E-state index contributed by atoms with van der Waals surface area (Å²) in [4.78, 5) is 12.4. The van der Waals surface area contributed by atoms with E-state index in [1.165, 1.54) is 0 Å². The number of benzene rings is 2. The smallest absolute Gasteiger partial charge is 0.244 e. The second kappa shape index (κ2) is 6.97. The van der Waals surface area contributed by atoms with Gasteiger partial charge in [0.1, 0.15) is 18.0 Å². The normalized spacial score (nSPS) is 10.6. The number of methoxy groups -OCH3 is 2. The van der Waals surface area contributed by atoms with Crippen LogP contribution in [0, 0.1) is 0 Å². The molecular formula is C18H17BrN2O3. The van der Waals surface area contributed by atoms with Crippen LogP contribution in [0.5, 0.6) is 11.5 Å². The average molecular weight is 389 g/mol. The minimum absolute atomic E-state index is 0.126. The Bertz CT molecular complexity index is 889. The molecule has 2 aromatic carbocycles. The van der Waals surface area contributed by atoms with Crippen molar-refractivity contribution in [2.24, 2.45) is 0 Å². The van der Waals surface area contributed by atoms with Gasteiger partial charge in [-0.2, -0.15) is 0 Å². The van der Waals surface area contributed by atoms with Crippen molar-refractivity contribution in [3.8, 4) is 11.5 Å². The molecule has 0 saturated carbocycles. The molecule has 0 saturated heterocycles. The predicted octanol–water partition coefficient (Wildman–Crippen LogP) is 4.06. The maximum Gasteiger partial charge on any atom is 0.244 e. The van der Waals surface area contributed by atoms with Crippen LogP contribution in [0.3, 0.4) is 0 Å². The van der Waals surface area contributed by atoms with Gasteiger partial charge in [0.05, 0.1) is 19.9 Å². The van der Waals surface area contributed by atoms with E-state index in [4.69, 9.17) is 9.47 Å². The van der Waals surface area contributed by atoms with E-state index in [1.807, 2.05) is 35.0 Å². The van der Waals surface area contributed by atoms with E-state index in [0.717, 1.165) is 15.4 Å². The van der Waals surface area contributed by atoms with Crippen LogP contribution >= 0.6 is 15.9 Å². The molecule has 3 aromatic rings. The third kappa shape index (κ3) is 3.38. The minimum atomic E-state index is -0.126. The van der Waals surface area contributed by atoms with Crippen LogP contribution in [0.1, 0.15) is 0 Å². The van der Waals surface area contributed by atoms with Crippen molar-refractivity contribution in [1.29, 1.82) is 0 Å². The summed E-state index contributed by atoms with van der Waals surface area (Å²) in [5.74, 6) is 1.11. The highest BCUT2D eigenvalue weighted by Crippen LogP contribution is 2.29. The first-order valence-corrected chi connectivity index (χ1v) is 8.16. The molecule has 24 heavy (non-hydrogen) atoms. The van der Waals surface area contributed by atoms with Gasteiger partial charge in [-0.25, -0.2) is 0 Å². The third-order valence-corrected chi connectivity index (χ3v) is 4.22. The molecule has 124 valence electrons. The van der Waals surface area contributed by atoms with Gasteiger partial charge in [0, 0.05) is 27.6 Å². The number of ether oxygens (including phenoxy) is 2. The number of aromatic nitrogens is 1. The zero-order chi connectivity index (χ0) is 17.1. The zero-order valence-corrected chi connectivity index (χ0v) is 15.0. The SMILES string of the molecule is COc1ccc(NC(=O)Cn2ccc3cc(Br)ccc32)c(OC)c1. The molecule has 1 N–H and O–H groups in total. The first-order valence-electron chi connectivity index (χ1n) is 7.37. The summed E-state index contributed by atoms with van der Waals surface area (Å²) in [5.41, 5.74) is 1.62. The van der Waals surface area contributed by atoms with E-state index < -0.39 is 0 Å². The molecule has 0 aliphatic rings. The number of nitrogens with one attached hydrogen (secondary N) is 1. The number of fused-ring (bicyclic) bond motifs is 1. The molecule has 0 unspecified atom stereocenters. The Kier molecular flexibility index (Phi) is 4.76. The number of amides is 1. The lowest BCUT2D eigenvalue weighted by molar-refractivity contribution is -0.116. The third-order valence-electron chi connectivity index (χ3n) is 3.73. The molecule has 1 heterocycles. The summed E-state index contributed by atoms with van der Waals surface area (Å²) in [7, 11) is 3.14. The summed E-state index contributed by atoms with van der Waals surface area (Å²) in [6.45, 7) is 0.223. The fourth-order valence-corrected chi connectivity index (χ4v) is 2.93. The van der Waals surface area contributed by atoms with Gasteiger partial charge in [0.25, 0.3) is 0 Å². The Morgan fingerprint density at radius 1 is 1.12 bits per heavy atom. The fourth-order valence-electron chi connectivity index (χ4n) is 2.56. The fraction of sp³-hybridized carbons (Fsp3) is 0.167. The number of carbonyl (C=O) groups is 1. The largest absolute Gasteiger partial charge is 0.497 e. The van der Waals surface area contributed by atoms with Crippen molar-refractivity contribution in [2.75, 3.05) is 19.5 Å².